The van der Waals surface area contributed by atoms with E-state index in [0.717, 1.165) is 28.8 Å². The van der Waals surface area contributed by atoms with E-state index in [1.165, 1.54) is 18.2 Å². The first-order valence-corrected chi connectivity index (χ1v) is 9.72. The van der Waals surface area contributed by atoms with Crippen molar-refractivity contribution in [3.8, 4) is 22.6 Å². The number of aromatic hydroxyl groups is 1. The maximum absolute atomic E-state index is 12.7. The van der Waals surface area contributed by atoms with Crippen LogP contribution in [0.5, 0.6) is 11.5 Å². The molecule has 2 aromatic carbocycles. The van der Waals surface area contributed by atoms with Gasteiger partial charge in [0.25, 0.3) is 0 Å². The van der Waals surface area contributed by atoms with E-state index in [2.05, 4.69) is 0 Å². The van der Waals surface area contributed by atoms with Crippen LogP contribution in [0.2, 0.25) is 0 Å². The van der Waals surface area contributed by atoms with Crippen molar-refractivity contribution >= 4 is 0 Å². The highest BCUT2D eigenvalue weighted by Crippen LogP contribution is 2.34. The van der Waals surface area contributed by atoms with Gasteiger partial charge in [0.2, 0.25) is 0 Å². The van der Waals surface area contributed by atoms with E-state index in [4.69, 9.17) is 9.15 Å². The first-order valence-electron chi connectivity index (χ1n) is 9.72. The first kappa shape index (κ1) is 22.5. The standard InChI is InChI=1S/C24H23F3O4/c1-13-9-14(2)21(15(3)10-13)22-19(28)11-20(31-23(22)29)16(4)12-30-18-7-5-17(6-8-18)24(25,26)27/h5-11,16,28H,12H2,1-4H3. The van der Waals surface area contributed by atoms with E-state index >= 15 is 0 Å². The van der Waals surface area contributed by atoms with Crippen molar-refractivity contribution in [2.75, 3.05) is 6.61 Å². The SMILES string of the molecule is Cc1cc(C)c(-c2c(O)cc(C(C)COc3ccc(C(F)(F)F)cc3)oc2=O)c(C)c1. The summed E-state index contributed by atoms with van der Waals surface area (Å²) in [5.41, 5.74) is 2.07. The minimum Gasteiger partial charge on any atom is -0.507 e. The van der Waals surface area contributed by atoms with E-state index in [1.54, 1.807) is 6.92 Å². The van der Waals surface area contributed by atoms with Gasteiger partial charge >= 0.3 is 11.8 Å². The predicted molar refractivity (Wildman–Crippen MR) is 112 cm³/mol. The largest absolute Gasteiger partial charge is 0.507 e. The van der Waals surface area contributed by atoms with Gasteiger partial charge in [-0.05, 0) is 61.7 Å². The minimum atomic E-state index is -4.41. The summed E-state index contributed by atoms with van der Waals surface area (Å²) < 4.78 is 48.9. The molecule has 0 amide bonds. The van der Waals surface area contributed by atoms with Crippen LogP contribution in [-0.4, -0.2) is 11.7 Å². The smallest absolute Gasteiger partial charge is 0.416 e. The summed E-state index contributed by atoms with van der Waals surface area (Å²) in [6.45, 7) is 7.46. The molecule has 0 saturated heterocycles. The molecule has 4 nitrogen and oxygen atoms in total. The van der Waals surface area contributed by atoms with E-state index in [9.17, 15) is 23.1 Å². The summed E-state index contributed by atoms with van der Waals surface area (Å²) in [5, 5.41) is 10.6. The average molecular weight is 432 g/mol. The molecule has 164 valence electrons. The van der Waals surface area contributed by atoms with Crippen LogP contribution in [0.1, 0.15) is 40.9 Å². The zero-order valence-electron chi connectivity index (χ0n) is 17.6. The molecule has 0 spiro atoms. The van der Waals surface area contributed by atoms with Gasteiger partial charge in [-0.3, -0.25) is 0 Å². The van der Waals surface area contributed by atoms with Gasteiger partial charge in [-0.2, -0.15) is 13.2 Å². The Bertz CT molecular complexity index is 1120. The van der Waals surface area contributed by atoms with Crippen molar-refractivity contribution in [3.05, 3.63) is 80.9 Å². The summed E-state index contributed by atoms with van der Waals surface area (Å²) in [6, 6.07) is 9.58. The minimum absolute atomic E-state index is 0.0513. The summed E-state index contributed by atoms with van der Waals surface area (Å²) in [5.74, 6) is -0.132. The molecule has 3 aromatic rings. The first-order chi connectivity index (χ1) is 14.5. The number of ether oxygens (including phenoxy) is 1. The lowest BCUT2D eigenvalue weighted by Gasteiger charge is -2.16. The molecule has 0 aliphatic heterocycles. The third kappa shape index (κ3) is 4.93. The van der Waals surface area contributed by atoms with Gasteiger partial charge in [0.15, 0.2) is 0 Å². The Morgan fingerprint density at radius 2 is 1.58 bits per heavy atom. The highest BCUT2D eigenvalue weighted by molar-refractivity contribution is 5.75. The summed E-state index contributed by atoms with van der Waals surface area (Å²) in [7, 11) is 0. The fraction of sp³-hybridized carbons (Fsp3) is 0.292. The van der Waals surface area contributed by atoms with Crippen molar-refractivity contribution in [1.29, 1.82) is 0 Å². The molecule has 0 bridgehead atoms. The number of halogens is 3. The highest BCUT2D eigenvalue weighted by atomic mass is 19.4. The summed E-state index contributed by atoms with van der Waals surface area (Å²) in [6.07, 6.45) is -4.41. The number of hydrogen-bond donors (Lipinski definition) is 1. The van der Waals surface area contributed by atoms with Gasteiger partial charge < -0.3 is 14.3 Å². The molecule has 1 atom stereocenters. The second kappa shape index (κ2) is 8.49. The molecule has 1 aromatic heterocycles. The monoisotopic (exact) mass is 432 g/mol. The number of benzene rings is 2. The van der Waals surface area contributed by atoms with Crippen LogP contribution >= 0.6 is 0 Å². The molecule has 1 heterocycles. The quantitative estimate of drug-likeness (QED) is 0.526. The number of aryl methyl sites for hydroxylation is 3. The van der Waals surface area contributed by atoms with Crippen molar-refractivity contribution in [1.82, 2.24) is 0 Å². The molecule has 0 saturated carbocycles. The Morgan fingerprint density at radius 3 is 2.10 bits per heavy atom. The van der Waals surface area contributed by atoms with Crippen LogP contribution < -0.4 is 10.4 Å². The van der Waals surface area contributed by atoms with Crippen LogP contribution in [0.15, 0.2) is 51.7 Å². The summed E-state index contributed by atoms with van der Waals surface area (Å²) >= 11 is 0. The Kier molecular flexibility index (Phi) is 6.15. The van der Waals surface area contributed by atoms with Crippen LogP contribution in [0.4, 0.5) is 13.2 Å². The topological polar surface area (TPSA) is 59.7 Å². The van der Waals surface area contributed by atoms with Gasteiger partial charge in [0, 0.05) is 12.0 Å². The van der Waals surface area contributed by atoms with E-state index in [0.29, 0.717) is 5.56 Å². The zero-order valence-corrected chi connectivity index (χ0v) is 17.6. The van der Waals surface area contributed by atoms with Crippen LogP contribution in [0, 0.1) is 20.8 Å². The van der Waals surface area contributed by atoms with Gasteiger partial charge in [-0.15, -0.1) is 0 Å². The Balaban J connectivity index is 1.81. The normalized spacial score (nSPS) is 12.6. The molecule has 3 rings (SSSR count). The lowest BCUT2D eigenvalue weighted by atomic mass is 9.94. The van der Waals surface area contributed by atoms with Crippen molar-refractivity contribution in [3.63, 3.8) is 0 Å². The van der Waals surface area contributed by atoms with Gasteiger partial charge in [0.1, 0.15) is 22.8 Å². The van der Waals surface area contributed by atoms with Crippen LogP contribution in [0.3, 0.4) is 0 Å². The Hall–Kier alpha value is -3.22. The zero-order chi connectivity index (χ0) is 22.9. The number of rotatable bonds is 5. The van der Waals surface area contributed by atoms with Crippen molar-refractivity contribution < 1.29 is 27.4 Å². The predicted octanol–water partition coefficient (Wildman–Crippen LogP) is 6.14. The Labute approximate surface area is 177 Å². The van der Waals surface area contributed by atoms with Crippen LogP contribution in [0.25, 0.3) is 11.1 Å². The van der Waals surface area contributed by atoms with Crippen LogP contribution in [-0.2, 0) is 6.18 Å². The van der Waals surface area contributed by atoms with Gasteiger partial charge in [-0.25, -0.2) is 4.79 Å². The average Bonchev–Trinajstić information content (AvgIpc) is 2.67. The summed E-state index contributed by atoms with van der Waals surface area (Å²) in [4.78, 5) is 12.7. The van der Waals surface area contributed by atoms with Crippen molar-refractivity contribution in [2.24, 2.45) is 0 Å². The molecule has 0 radical (unpaired) electrons. The molecule has 7 heteroatoms. The molecular formula is C24H23F3O4. The van der Waals surface area contributed by atoms with Gasteiger partial charge in [0.05, 0.1) is 12.2 Å². The lowest BCUT2D eigenvalue weighted by Crippen LogP contribution is -2.12. The third-order valence-corrected chi connectivity index (χ3v) is 5.04. The molecule has 31 heavy (non-hydrogen) atoms. The molecule has 0 aliphatic rings. The second-order valence-electron chi connectivity index (χ2n) is 7.70. The molecule has 0 aliphatic carbocycles. The maximum atomic E-state index is 12.7. The fourth-order valence-electron chi connectivity index (χ4n) is 3.59. The van der Waals surface area contributed by atoms with E-state index in [1.807, 2.05) is 32.9 Å². The lowest BCUT2D eigenvalue weighted by molar-refractivity contribution is -0.137. The van der Waals surface area contributed by atoms with Crippen molar-refractivity contribution in [2.45, 2.75) is 39.8 Å². The third-order valence-electron chi connectivity index (χ3n) is 5.04. The molecule has 1 unspecified atom stereocenters. The van der Waals surface area contributed by atoms with E-state index in [-0.39, 0.29) is 29.4 Å². The number of hydrogen-bond acceptors (Lipinski definition) is 4. The maximum Gasteiger partial charge on any atom is 0.416 e. The second-order valence-corrected chi connectivity index (χ2v) is 7.70. The highest BCUT2D eigenvalue weighted by Gasteiger charge is 2.30. The molecule has 0 fully saturated rings. The number of alkyl halides is 3. The fourth-order valence-corrected chi connectivity index (χ4v) is 3.59. The molecular weight excluding hydrogens is 409 g/mol. The van der Waals surface area contributed by atoms with Gasteiger partial charge in [-0.1, -0.05) is 24.6 Å². The Morgan fingerprint density at radius 1 is 1.00 bits per heavy atom. The molecule has 1 N–H and O–H groups in total. The van der Waals surface area contributed by atoms with E-state index < -0.39 is 23.3 Å².